The molecule has 0 spiro atoms. The van der Waals surface area contributed by atoms with Gasteiger partial charge in [0.2, 0.25) is 0 Å². The molecule has 1 aromatic carbocycles. The van der Waals surface area contributed by atoms with Gasteiger partial charge in [-0.3, -0.25) is 4.79 Å². The molecule has 1 N–H and O–H groups in total. The van der Waals surface area contributed by atoms with Crippen molar-refractivity contribution in [2.24, 2.45) is 5.92 Å². The zero-order valence-corrected chi connectivity index (χ0v) is 15.0. The normalized spacial score (nSPS) is 18.6. The van der Waals surface area contributed by atoms with Crippen molar-refractivity contribution in [2.45, 2.75) is 52.7 Å². The zero-order valence-electron chi connectivity index (χ0n) is 15.0. The second kappa shape index (κ2) is 8.45. The van der Waals surface area contributed by atoms with Gasteiger partial charge in [0.05, 0.1) is 19.1 Å². The summed E-state index contributed by atoms with van der Waals surface area (Å²) in [7, 11) is 0. The number of aliphatic hydroxyl groups excluding tert-OH is 1. The molecular formula is C20H28O4. The first kappa shape index (κ1) is 18.7. The monoisotopic (exact) mass is 332 g/mol. The van der Waals surface area contributed by atoms with Gasteiger partial charge in [-0.25, -0.2) is 0 Å². The molecule has 4 nitrogen and oxygen atoms in total. The van der Waals surface area contributed by atoms with Gasteiger partial charge in [-0.1, -0.05) is 23.8 Å². The number of aliphatic hydroxyl groups is 1. The molecule has 24 heavy (non-hydrogen) atoms. The van der Waals surface area contributed by atoms with Crippen LogP contribution in [0.25, 0.3) is 0 Å². The SMILES string of the molecule is CCOC(=O)C(COC(O)C=C(C)C)C1CCc2c(C)cccc21. The second-order valence-electron chi connectivity index (χ2n) is 6.61. The number of benzene rings is 1. The maximum atomic E-state index is 12.5. The molecule has 2 rings (SSSR count). The Morgan fingerprint density at radius 1 is 1.42 bits per heavy atom. The highest BCUT2D eigenvalue weighted by Crippen LogP contribution is 2.40. The van der Waals surface area contributed by atoms with E-state index in [4.69, 9.17) is 9.47 Å². The quantitative estimate of drug-likeness (QED) is 0.472. The summed E-state index contributed by atoms with van der Waals surface area (Å²) in [5, 5.41) is 9.91. The van der Waals surface area contributed by atoms with Crippen LogP contribution in [0, 0.1) is 12.8 Å². The summed E-state index contributed by atoms with van der Waals surface area (Å²) in [6.07, 6.45) is 2.52. The number of hydrogen-bond acceptors (Lipinski definition) is 4. The van der Waals surface area contributed by atoms with E-state index in [1.807, 2.05) is 19.9 Å². The molecule has 0 radical (unpaired) electrons. The summed E-state index contributed by atoms with van der Waals surface area (Å²) in [6.45, 7) is 8.20. The molecule has 0 fully saturated rings. The van der Waals surface area contributed by atoms with Crippen molar-refractivity contribution in [1.82, 2.24) is 0 Å². The number of rotatable bonds is 7. The van der Waals surface area contributed by atoms with Crippen LogP contribution in [0.3, 0.4) is 0 Å². The van der Waals surface area contributed by atoms with Crippen LogP contribution in [0.15, 0.2) is 29.8 Å². The lowest BCUT2D eigenvalue weighted by Crippen LogP contribution is -2.30. The fourth-order valence-corrected chi connectivity index (χ4v) is 3.42. The van der Waals surface area contributed by atoms with Gasteiger partial charge in [-0.15, -0.1) is 0 Å². The lowest BCUT2D eigenvalue weighted by Gasteiger charge is -2.24. The first-order valence-electron chi connectivity index (χ1n) is 8.63. The number of ether oxygens (including phenoxy) is 2. The Morgan fingerprint density at radius 2 is 2.17 bits per heavy atom. The van der Waals surface area contributed by atoms with Crippen molar-refractivity contribution >= 4 is 5.97 Å². The molecule has 0 bridgehead atoms. The Bertz CT molecular complexity index is 602. The molecular weight excluding hydrogens is 304 g/mol. The highest BCUT2D eigenvalue weighted by Gasteiger charge is 2.36. The third-order valence-electron chi connectivity index (χ3n) is 4.55. The standard InChI is InChI=1S/C20H28O4/c1-5-23-20(22)18(12-24-19(21)11-13(2)3)17-10-9-15-14(4)7-6-8-16(15)17/h6-8,11,17-19,21H,5,9-10,12H2,1-4H3. The first-order valence-corrected chi connectivity index (χ1v) is 8.63. The predicted octanol–water partition coefficient (Wildman–Crippen LogP) is 3.51. The average Bonchev–Trinajstić information content (AvgIpc) is 2.92. The lowest BCUT2D eigenvalue weighted by atomic mass is 9.87. The molecule has 1 aliphatic rings. The number of esters is 1. The van der Waals surface area contributed by atoms with Crippen LogP contribution in [0.4, 0.5) is 0 Å². The fraction of sp³-hybridized carbons (Fsp3) is 0.550. The average molecular weight is 332 g/mol. The molecule has 4 heteroatoms. The van der Waals surface area contributed by atoms with Crippen LogP contribution in [-0.2, 0) is 20.7 Å². The van der Waals surface area contributed by atoms with Gasteiger partial charge in [0.25, 0.3) is 0 Å². The number of allylic oxidation sites excluding steroid dienone is 1. The van der Waals surface area contributed by atoms with Gasteiger partial charge in [-0.05, 0) is 63.3 Å². The van der Waals surface area contributed by atoms with E-state index in [-0.39, 0.29) is 18.5 Å². The van der Waals surface area contributed by atoms with Gasteiger partial charge < -0.3 is 14.6 Å². The first-order chi connectivity index (χ1) is 11.4. The third-order valence-corrected chi connectivity index (χ3v) is 4.55. The van der Waals surface area contributed by atoms with Gasteiger partial charge in [0, 0.05) is 5.92 Å². The van der Waals surface area contributed by atoms with Crippen LogP contribution in [0.5, 0.6) is 0 Å². The highest BCUT2D eigenvalue weighted by molar-refractivity contribution is 5.74. The van der Waals surface area contributed by atoms with Crippen LogP contribution in [0.1, 0.15) is 49.8 Å². The summed E-state index contributed by atoms with van der Waals surface area (Å²) in [5.41, 5.74) is 4.79. The van der Waals surface area contributed by atoms with Crippen molar-refractivity contribution in [3.63, 3.8) is 0 Å². The Hall–Kier alpha value is -1.65. The van der Waals surface area contributed by atoms with Crippen molar-refractivity contribution in [3.05, 3.63) is 46.5 Å². The van der Waals surface area contributed by atoms with Gasteiger partial charge in [-0.2, -0.15) is 0 Å². The minimum Gasteiger partial charge on any atom is -0.466 e. The summed E-state index contributed by atoms with van der Waals surface area (Å²) in [6, 6.07) is 6.24. The Kier molecular flexibility index (Phi) is 6.58. The van der Waals surface area contributed by atoms with Gasteiger partial charge in [0.15, 0.2) is 6.29 Å². The van der Waals surface area contributed by atoms with Crippen LogP contribution in [-0.4, -0.2) is 30.6 Å². The molecule has 0 saturated carbocycles. The molecule has 0 heterocycles. The van der Waals surface area contributed by atoms with Crippen LogP contribution >= 0.6 is 0 Å². The van der Waals surface area contributed by atoms with Crippen molar-refractivity contribution < 1.29 is 19.4 Å². The van der Waals surface area contributed by atoms with E-state index in [0.717, 1.165) is 18.4 Å². The maximum absolute atomic E-state index is 12.5. The molecule has 0 aliphatic heterocycles. The number of carbonyl (C=O) groups is 1. The second-order valence-corrected chi connectivity index (χ2v) is 6.61. The zero-order chi connectivity index (χ0) is 17.7. The van der Waals surface area contributed by atoms with Crippen LogP contribution < -0.4 is 0 Å². The van der Waals surface area contributed by atoms with Gasteiger partial charge >= 0.3 is 5.97 Å². The summed E-state index contributed by atoms with van der Waals surface area (Å²) < 4.78 is 10.8. The van der Waals surface area contributed by atoms with Crippen molar-refractivity contribution in [1.29, 1.82) is 0 Å². The summed E-state index contributed by atoms with van der Waals surface area (Å²) in [5.74, 6) is -0.563. The topological polar surface area (TPSA) is 55.8 Å². The van der Waals surface area contributed by atoms with Crippen molar-refractivity contribution in [3.8, 4) is 0 Å². The van der Waals surface area contributed by atoms with E-state index < -0.39 is 12.2 Å². The molecule has 3 unspecified atom stereocenters. The number of carbonyl (C=O) groups excluding carboxylic acids is 1. The third kappa shape index (κ3) is 4.46. The predicted molar refractivity (Wildman–Crippen MR) is 93.8 cm³/mol. The largest absolute Gasteiger partial charge is 0.466 e. The van der Waals surface area contributed by atoms with E-state index in [2.05, 4.69) is 19.1 Å². The Morgan fingerprint density at radius 3 is 2.83 bits per heavy atom. The smallest absolute Gasteiger partial charge is 0.311 e. The molecule has 1 aromatic rings. The number of hydrogen-bond donors (Lipinski definition) is 1. The van der Waals surface area contributed by atoms with Crippen molar-refractivity contribution in [2.75, 3.05) is 13.2 Å². The summed E-state index contributed by atoms with van der Waals surface area (Å²) >= 11 is 0. The molecule has 3 atom stereocenters. The van der Waals surface area contributed by atoms with Gasteiger partial charge in [0.1, 0.15) is 0 Å². The molecule has 0 amide bonds. The summed E-state index contributed by atoms with van der Waals surface area (Å²) in [4.78, 5) is 12.5. The minimum atomic E-state index is -0.995. The highest BCUT2D eigenvalue weighted by atomic mass is 16.6. The lowest BCUT2D eigenvalue weighted by molar-refractivity contribution is -0.155. The van der Waals surface area contributed by atoms with E-state index in [0.29, 0.717) is 6.61 Å². The maximum Gasteiger partial charge on any atom is 0.311 e. The Labute approximate surface area is 144 Å². The molecule has 0 aromatic heterocycles. The minimum absolute atomic E-state index is 0.0813. The van der Waals surface area contributed by atoms with E-state index in [1.165, 1.54) is 16.7 Å². The van der Waals surface area contributed by atoms with Crippen LogP contribution in [0.2, 0.25) is 0 Å². The van der Waals surface area contributed by atoms with E-state index in [1.54, 1.807) is 13.0 Å². The van der Waals surface area contributed by atoms with E-state index in [9.17, 15) is 9.90 Å². The number of aryl methyl sites for hydroxylation is 1. The fourth-order valence-electron chi connectivity index (χ4n) is 3.42. The molecule has 0 saturated heterocycles. The van der Waals surface area contributed by atoms with E-state index >= 15 is 0 Å². The number of fused-ring (bicyclic) bond motifs is 1. The molecule has 1 aliphatic carbocycles. The Balaban J connectivity index is 2.18. The molecule has 132 valence electrons.